The highest BCUT2D eigenvalue weighted by molar-refractivity contribution is 6.30. The molecule has 0 spiro atoms. The Hall–Kier alpha value is -0.810. The largest absolute Gasteiger partial charge is 0.492 e. The number of halogens is 1. The molecule has 3 N–H and O–H groups in total. The van der Waals surface area contributed by atoms with E-state index in [9.17, 15) is 0 Å². The number of hydrogen-bond donors (Lipinski definition) is 2. The Balaban J connectivity index is 2.34. The van der Waals surface area contributed by atoms with Crippen molar-refractivity contribution in [3.05, 3.63) is 29.3 Å². The summed E-state index contributed by atoms with van der Waals surface area (Å²) < 4.78 is 10.8. The Morgan fingerprint density at radius 1 is 1.31 bits per heavy atom. The molecular weight excluding hydrogens is 228 g/mol. The maximum Gasteiger partial charge on any atom is 0.119 e. The number of benzene rings is 1. The monoisotopic (exact) mass is 244 g/mol. The van der Waals surface area contributed by atoms with Gasteiger partial charge in [-0.2, -0.15) is 0 Å². The predicted octanol–water partition coefficient (Wildman–Crippen LogP) is 1.59. The Bertz CT molecular complexity index is 293. The van der Waals surface area contributed by atoms with Crippen LogP contribution in [0.1, 0.15) is 6.92 Å². The zero-order valence-corrected chi connectivity index (χ0v) is 10.0. The molecule has 1 aromatic rings. The first-order valence-electron chi connectivity index (χ1n) is 5.18. The van der Waals surface area contributed by atoms with Crippen molar-refractivity contribution in [1.82, 2.24) is 5.43 Å². The third kappa shape index (κ3) is 4.81. The summed E-state index contributed by atoms with van der Waals surface area (Å²) >= 11 is 5.76. The van der Waals surface area contributed by atoms with Crippen molar-refractivity contribution >= 4 is 11.6 Å². The van der Waals surface area contributed by atoms with Crippen LogP contribution in [0, 0.1) is 0 Å². The molecule has 0 aliphatic carbocycles. The molecule has 0 aromatic heterocycles. The van der Waals surface area contributed by atoms with Crippen LogP contribution in [-0.2, 0) is 4.74 Å². The van der Waals surface area contributed by atoms with Gasteiger partial charge in [0.05, 0.1) is 12.6 Å². The van der Waals surface area contributed by atoms with Gasteiger partial charge in [-0.25, -0.2) is 0 Å². The number of nitrogens with two attached hydrogens (primary N) is 1. The molecule has 0 radical (unpaired) electrons. The molecule has 1 rings (SSSR count). The molecule has 4 nitrogen and oxygen atoms in total. The second-order valence-corrected chi connectivity index (χ2v) is 3.72. The van der Waals surface area contributed by atoms with Crippen molar-refractivity contribution in [2.45, 2.75) is 13.0 Å². The Morgan fingerprint density at radius 3 is 2.56 bits per heavy atom. The van der Waals surface area contributed by atoms with Gasteiger partial charge in [0, 0.05) is 11.6 Å². The van der Waals surface area contributed by atoms with Crippen LogP contribution in [0.15, 0.2) is 24.3 Å². The second-order valence-electron chi connectivity index (χ2n) is 3.29. The van der Waals surface area contributed by atoms with Gasteiger partial charge in [0.2, 0.25) is 0 Å². The maximum atomic E-state index is 5.76. The highest BCUT2D eigenvalue weighted by Crippen LogP contribution is 2.15. The van der Waals surface area contributed by atoms with E-state index in [0.717, 1.165) is 5.75 Å². The quantitative estimate of drug-likeness (QED) is 0.565. The van der Waals surface area contributed by atoms with E-state index < -0.39 is 0 Å². The lowest BCUT2D eigenvalue weighted by Gasteiger charge is -2.16. The van der Waals surface area contributed by atoms with E-state index in [1.165, 1.54) is 0 Å². The highest BCUT2D eigenvalue weighted by Gasteiger charge is 2.07. The minimum Gasteiger partial charge on any atom is -0.492 e. The highest BCUT2D eigenvalue weighted by atomic mass is 35.5. The van der Waals surface area contributed by atoms with Crippen molar-refractivity contribution in [2.24, 2.45) is 5.84 Å². The normalized spacial score (nSPS) is 12.4. The van der Waals surface area contributed by atoms with E-state index in [0.29, 0.717) is 24.8 Å². The summed E-state index contributed by atoms with van der Waals surface area (Å²) in [6, 6.07) is 7.18. The minimum atomic E-state index is -0.0179. The zero-order chi connectivity index (χ0) is 11.8. The molecule has 5 heteroatoms. The topological polar surface area (TPSA) is 56.5 Å². The number of ether oxygens (including phenoxy) is 2. The molecule has 1 unspecified atom stereocenters. The fraction of sp³-hybridized carbons (Fsp3) is 0.455. The summed E-state index contributed by atoms with van der Waals surface area (Å²) in [6.07, 6.45) is 0. The van der Waals surface area contributed by atoms with Crippen molar-refractivity contribution < 1.29 is 9.47 Å². The van der Waals surface area contributed by atoms with E-state index in [1.807, 2.05) is 19.1 Å². The van der Waals surface area contributed by atoms with Crippen LogP contribution in [0.4, 0.5) is 0 Å². The zero-order valence-electron chi connectivity index (χ0n) is 9.28. The maximum absolute atomic E-state index is 5.76. The van der Waals surface area contributed by atoms with Gasteiger partial charge in [0.1, 0.15) is 12.4 Å². The van der Waals surface area contributed by atoms with Crippen molar-refractivity contribution in [3.8, 4) is 5.75 Å². The number of hydrogen-bond acceptors (Lipinski definition) is 4. The van der Waals surface area contributed by atoms with Crippen LogP contribution in [0.25, 0.3) is 0 Å². The molecule has 0 fully saturated rings. The van der Waals surface area contributed by atoms with Crippen molar-refractivity contribution in [2.75, 3.05) is 19.8 Å². The smallest absolute Gasteiger partial charge is 0.119 e. The van der Waals surface area contributed by atoms with Crippen LogP contribution in [-0.4, -0.2) is 25.9 Å². The van der Waals surface area contributed by atoms with Gasteiger partial charge in [-0.3, -0.25) is 11.3 Å². The van der Waals surface area contributed by atoms with E-state index in [2.05, 4.69) is 5.43 Å². The van der Waals surface area contributed by atoms with Crippen LogP contribution in [0.5, 0.6) is 5.75 Å². The molecule has 0 saturated carbocycles. The summed E-state index contributed by atoms with van der Waals surface area (Å²) in [5.41, 5.74) is 2.64. The van der Waals surface area contributed by atoms with Crippen LogP contribution in [0.2, 0.25) is 5.02 Å². The fourth-order valence-corrected chi connectivity index (χ4v) is 1.26. The summed E-state index contributed by atoms with van der Waals surface area (Å²) in [6.45, 7) is 3.59. The van der Waals surface area contributed by atoms with E-state index in [4.69, 9.17) is 26.9 Å². The molecule has 0 amide bonds. The summed E-state index contributed by atoms with van der Waals surface area (Å²) in [5.74, 6) is 6.14. The SMILES string of the molecule is CCOCC(COc1ccc(Cl)cc1)NN. The van der Waals surface area contributed by atoms with Crippen LogP contribution in [0.3, 0.4) is 0 Å². The third-order valence-electron chi connectivity index (χ3n) is 2.02. The van der Waals surface area contributed by atoms with Crippen molar-refractivity contribution in [3.63, 3.8) is 0 Å². The molecule has 0 aliphatic heterocycles. The number of hydrazine groups is 1. The van der Waals surface area contributed by atoms with E-state index >= 15 is 0 Å². The summed E-state index contributed by atoms with van der Waals surface area (Å²) in [7, 11) is 0. The first-order chi connectivity index (χ1) is 7.76. The first kappa shape index (κ1) is 13.3. The van der Waals surface area contributed by atoms with E-state index in [1.54, 1.807) is 12.1 Å². The van der Waals surface area contributed by atoms with Gasteiger partial charge in [-0.15, -0.1) is 0 Å². The number of rotatable bonds is 7. The van der Waals surface area contributed by atoms with Crippen molar-refractivity contribution in [1.29, 1.82) is 0 Å². The molecule has 16 heavy (non-hydrogen) atoms. The lowest BCUT2D eigenvalue weighted by Crippen LogP contribution is -2.43. The predicted molar refractivity (Wildman–Crippen MR) is 64.6 cm³/mol. The first-order valence-corrected chi connectivity index (χ1v) is 5.56. The molecule has 0 heterocycles. The molecule has 0 bridgehead atoms. The second kappa shape index (κ2) is 7.46. The van der Waals surface area contributed by atoms with Crippen LogP contribution >= 0.6 is 11.6 Å². The molecule has 0 aliphatic rings. The average Bonchev–Trinajstić information content (AvgIpc) is 2.32. The lowest BCUT2D eigenvalue weighted by atomic mass is 10.3. The molecule has 90 valence electrons. The van der Waals surface area contributed by atoms with Gasteiger partial charge >= 0.3 is 0 Å². The Kier molecular flexibility index (Phi) is 6.18. The molecule has 0 saturated heterocycles. The van der Waals surface area contributed by atoms with E-state index in [-0.39, 0.29) is 6.04 Å². The molecular formula is C11H17ClN2O2. The average molecular weight is 245 g/mol. The van der Waals surface area contributed by atoms with Gasteiger partial charge < -0.3 is 9.47 Å². The Labute approximate surface area is 101 Å². The van der Waals surface area contributed by atoms with Gasteiger partial charge in [0.25, 0.3) is 0 Å². The standard InChI is InChI=1S/C11H17ClN2O2/c1-2-15-7-10(14-13)8-16-11-5-3-9(12)4-6-11/h3-6,10,14H,2,7-8,13H2,1H3. The fourth-order valence-electron chi connectivity index (χ4n) is 1.13. The van der Waals surface area contributed by atoms with Crippen LogP contribution < -0.4 is 16.0 Å². The lowest BCUT2D eigenvalue weighted by molar-refractivity contribution is 0.103. The summed E-state index contributed by atoms with van der Waals surface area (Å²) in [4.78, 5) is 0. The van der Waals surface area contributed by atoms with Gasteiger partial charge in [-0.1, -0.05) is 11.6 Å². The number of nitrogens with one attached hydrogen (secondary N) is 1. The van der Waals surface area contributed by atoms with Gasteiger partial charge in [-0.05, 0) is 31.2 Å². The Morgan fingerprint density at radius 2 is 2.00 bits per heavy atom. The molecule has 1 aromatic carbocycles. The molecule has 1 atom stereocenters. The van der Waals surface area contributed by atoms with Gasteiger partial charge in [0.15, 0.2) is 0 Å². The summed E-state index contributed by atoms with van der Waals surface area (Å²) in [5, 5.41) is 0.690. The third-order valence-corrected chi connectivity index (χ3v) is 2.28. The minimum absolute atomic E-state index is 0.0179.